The number of carbonyl (C=O) groups excluding carboxylic acids is 2. The van der Waals surface area contributed by atoms with Crippen molar-refractivity contribution in [3.05, 3.63) is 63.9 Å². The predicted molar refractivity (Wildman–Crippen MR) is 123 cm³/mol. The van der Waals surface area contributed by atoms with Crippen molar-refractivity contribution in [2.75, 3.05) is 26.2 Å². The van der Waals surface area contributed by atoms with E-state index in [9.17, 15) is 9.59 Å². The second-order valence-electron chi connectivity index (χ2n) is 8.51. The van der Waals surface area contributed by atoms with Gasteiger partial charge >= 0.3 is 0 Å². The maximum absolute atomic E-state index is 13.3. The van der Waals surface area contributed by atoms with Gasteiger partial charge in [-0.1, -0.05) is 23.8 Å². The van der Waals surface area contributed by atoms with Crippen LogP contribution in [0.2, 0.25) is 0 Å². The molecule has 1 aromatic carbocycles. The van der Waals surface area contributed by atoms with E-state index in [2.05, 4.69) is 31.0 Å². The highest BCUT2D eigenvalue weighted by atomic mass is 32.1. The van der Waals surface area contributed by atoms with Gasteiger partial charge in [-0.2, -0.15) is 0 Å². The summed E-state index contributed by atoms with van der Waals surface area (Å²) in [4.78, 5) is 30.8. The van der Waals surface area contributed by atoms with Crippen LogP contribution in [0.15, 0.2) is 42.3 Å². The molecule has 2 heterocycles. The van der Waals surface area contributed by atoms with Gasteiger partial charge in [0.15, 0.2) is 0 Å². The topological polar surface area (TPSA) is 49.9 Å². The van der Waals surface area contributed by atoms with Crippen LogP contribution < -0.4 is 4.74 Å². The minimum atomic E-state index is -0.148. The first-order valence-corrected chi connectivity index (χ1v) is 11.8. The Kier molecular flexibility index (Phi) is 6.46. The highest BCUT2D eigenvalue weighted by molar-refractivity contribution is 7.10. The second kappa shape index (κ2) is 9.27. The van der Waals surface area contributed by atoms with Crippen LogP contribution in [0.25, 0.3) is 0 Å². The zero-order valence-corrected chi connectivity index (χ0v) is 19.1. The highest BCUT2D eigenvalue weighted by Crippen LogP contribution is 2.35. The van der Waals surface area contributed by atoms with Crippen LogP contribution >= 0.6 is 11.3 Å². The third-order valence-electron chi connectivity index (χ3n) is 6.06. The summed E-state index contributed by atoms with van der Waals surface area (Å²) in [6, 6.07) is 8.09. The lowest BCUT2D eigenvalue weighted by molar-refractivity contribution is -0.142. The monoisotopic (exact) mass is 438 g/mol. The molecule has 1 aliphatic carbocycles. The third-order valence-corrected chi connectivity index (χ3v) is 7.05. The zero-order valence-electron chi connectivity index (χ0n) is 18.3. The summed E-state index contributed by atoms with van der Waals surface area (Å²) in [6.07, 6.45) is 4.39. The van der Waals surface area contributed by atoms with Crippen LogP contribution in [0.5, 0.6) is 5.75 Å². The minimum absolute atomic E-state index is 0.0260. The van der Waals surface area contributed by atoms with Crippen LogP contribution in [0.3, 0.4) is 0 Å². The Bertz CT molecular complexity index is 979. The molecule has 0 radical (unpaired) electrons. The van der Waals surface area contributed by atoms with Gasteiger partial charge in [0, 0.05) is 23.9 Å². The summed E-state index contributed by atoms with van der Waals surface area (Å²) in [5, 5.41) is 2.09. The number of fused-ring (bicyclic) bond motifs is 1. The van der Waals surface area contributed by atoms with Crippen molar-refractivity contribution >= 4 is 23.2 Å². The summed E-state index contributed by atoms with van der Waals surface area (Å²) in [6.45, 7) is 9.41. The van der Waals surface area contributed by atoms with Gasteiger partial charge in [0.25, 0.3) is 0 Å². The van der Waals surface area contributed by atoms with Gasteiger partial charge in [0.1, 0.15) is 18.9 Å². The lowest BCUT2D eigenvalue weighted by atomic mass is 10.00. The normalized spacial score (nSPS) is 17.7. The molecule has 2 aromatic rings. The number of carbonyl (C=O) groups is 2. The Morgan fingerprint density at radius 2 is 2.10 bits per heavy atom. The molecule has 0 unspecified atom stereocenters. The summed E-state index contributed by atoms with van der Waals surface area (Å²) in [5.41, 5.74) is 3.45. The van der Waals surface area contributed by atoms with Crippen molar-refractivity contribution in [1.82, 2.24) is 9.80 Å². The molecule has 31 heavy (non-hydrogen) atoms. The van der Waals surface area contributed by atoms with Crippen molar-refractivity contribution in [1.29, 1.82) is 0 Å². The molecule has 1 atom stereocenters. The number of aryl methyl sites for hydroxylation is 2. The maximum Gasteiger partial charge on any atom is 0.242 e. The molecule has 6 heteroatoms. The van der Waals surface area contributed by atoms with E-state index in [1.54, 1.807) is 22.3 Å². The van der Waals surface area contributed by atoms with Gasteiger partial charge in [0.05, 0.1) is 6.04 Å². The summed E-state index contributed by atoms with van der Waals surface area (Å²) >= 11 is 1.74. The van der Waals surface area contributed by atoms with E-state index in [1.165, 1.54) is 10.4 Å². The number of rotatable bonds is 8. The predicted octanol–water partition coefficient (Wildman–Crippen LogP) is 4.29. The van der Waals surface area contributed by atoms with Crippen molar-refractivity contribution in [3.63, 3.8) is 0 Å². The first kappa shape index (κ1) is 21.6. The summed E-state index contributed by atoms with van der Waals surface area (Å²) in [7, 11) is 0. The number of amides is 2. The molecule has 4 rings (SSSR count). The van der Waals surface area contributed by atoms with Crippen LogP contribution in [-0.2, 0) is 16.0 Å². The Labute approximate surface area is 188 Å². The molecule has 0 spiro atoms. The van der Waals surface area contributed by atoms with E-state index < -0.39 is 0 Å². The molecule has 164 valence electrons. The van der Waals surface area contributed by atoms with Crippen LogP contribution in [0.4, 0.5) is 0 Å². The maximum atomic E-state index is 13.3. The van der Waals surface area contributed by atoms with Crippen molar-refractivity contribution in [3.8, 4) is 5.75 Å². The Balaban J connectivity index is 1.51. The van der Waals surface area contributed by atoms with Crippen molar-refractivity contribution < 1.29 is 14.3 Å². The smallest absolute Gasteiger partial charge is 0.242 e. The lowest BCUT2D eigenvalue weighted by Gasteiger charge is -2.37. The number of hydrogen-bond donors (Lipinski definition) is 0. The Morgan fingerprint density at radius 1 is 1.29 bits per heavy atom. The molecule has 2 amide bonds. The van der Waals surface area contributed by atoms with Gasteiger partial charge in [0.2, 0.25) is 11.8 Å². The molecule has 1 aromatic heterocycles. The second-order valence-corrected chi connectivity index (χ2v) is 9.51. The molecule has 1 saturated carbocycles. The molecule has 0 bridgehead atoms. The van der Waals surface area contributed by atoms with Gasteiger partial charge in [-0.05, 0) is 61.7 Å². The average molecular weight is 439 g/mol. The molecular weight excluding hydrogens is 408 g/mol. The molecule has 0 N–H and O–H groups in total. The fraction of sp³-hybridized carbons (Fsp3) is 0.440. The summed E-state index contributed by atoms with van der Waals surface area (Å²) in [5.74, 6) is 0.977. The van der Waals surface area contributed by atoms with E-state index >= 15 is 0 Å². The molecule has 5 nitrogen and oxygen atoms in total. The van der Waals surface area contributed by atoms with E-state index in [0.717, 1.165) is 36.1 Å². The number of thiophene rings is 1. The SMILES string of the molecule is C=CCN(CC(=O)N1CCc2sccc2[C@@H]1COc1ccc(C)cc1C)C(=O)C1CC1. The van der Waals surface area contributed by atoms with Crippen LogP contribution in [0, 0.1) is 19.8 Å². The molecular formula is C25H30N2O3S. The minimum Gasteiger partial charge on any atom is -0.491 e. The fourth-order valence-electron chi connectivity index (χ4n) is 4.24. The molecule has 1 aliphatic heterocycles. The van der Waals surface area contributed by atoms with E-state index in [0.29, 0.717) is 19.7 Å². The van der Waals surface area contributed by atoms with Gasteiger partial charge in [-0.15, -0.1) is 17.9 Å². The van der Waals surface area contributed by atoms with Crippen molar-refractivity contribution in [2.45, 2.75) is 39.2 Å². The third kappa shape index (κ3) is 4.85. The quantitative estimate of drug-likeness (QED) is 0.578. The van der Waals surface area contributed by atoms with E-state index in [-0.39, 0.29) is 30.3 Å². The first-order chi connectivity index (χ1) is 15.0. The van der Waals surface area contributed by atoms with E-state index in [4.69, 9.17) is 4.74 Å². The lowest BCUT2D eigenvalue weighted by Crippen LogP contribution is -2.48. The largest absolute Gasteiger partial charge is 0.491 e. The van der Waals surface area contributed by atoms with Gasteiger partial charge in [-0.25, -0.2) is 0 Å². The zero-order chi connectivity index (χ0) is 22.0. The van der Waals surface area contributed by atoms with Crippen LogP contribution in [0.1, 0.15) is 40.5 Å². The Hall–Kier alpha value is -2.60. The number of ether oxygens (including phenoxy) is 1. The fourth-order valence-corrected chi connectivity index (χ4v) is 5.16. The van der Waals surface area contributed by atoms with Crippen LogP contribution in [-0.4, -0.2) is 47.9 Å². The molecule has 0 saturated heterocycles. The van der Waals surface area contributed by atoms with Gasteiger partial charge < -0.3 is 14.5 Å². The van der Waals surface area contributed by atoms with E-state index in [1.807, 2.05) is 24.0 Å². The first-order valence-electron chi connectivity index (χ1n) is 10.9. The Morgan fingerprint density at radius 3 is 2.81 bits per heavy atom. The molecule has 1 fully saturated rings. The summed E-state index contributed by atoms with van der Waals surface area (Å²) < 4.78 is 6.20. The molecule has 2 aliphatic rings. The number of hydrogen-bond acceptors (Lipinski definition) is 4. The van der Waals surface area contributed by atoms with Gasteiger partial charge in [-0.3, -0.25) is 9.59 Å². The number of benzene rings is 1. The highest BCUT2D eigenvalue weighted by Gasteiger charge is 2.37. The van der Waals surface area contributed by atoms with Crippen molar-refractivity contribution in [2.24, 2.45) is 5.92 Å². The average Bonchev–Trinajstić information content (AvgIpc) is 3.48. The standard InChI is InChI=1S/C25H30N2O3S/c1-4-11-26(25(29)19-6-7-19)15-24(28)27-12-9-23-20(10-13-31-23)21(27)16-30-22-8-5-17(2)14-18(22)3/h4-5,8,10,13-14,19,21H,1,6-7,9,11-12,15-16H2,2-3H3/t21-/m0/s1. The number of nitrogens with zero attached hydrogens (tertiary/aromatic N) is 2.